The Morgan fingerprint density at radius 3 is 2.33 bits per heavy atom. The average Bonchev–Trinajstić information content (AvgIpc) is 3.11. The molecule has 0 bridgehead atoms. The number of likely N-dealkylation sites (N-methyl/N-ethyl adjacent to an activating group) is 1. The van der Waals surface area contributed by atoms with Gasteiger partial charge < -0.3 is 30.2 Å². The van der Waals surface area contributed by atoms with E-state index in [0.29, 0.717) is 17.9 Å². The van der Waals surface area contributed by atoms with Gasteiger partial charge >= 0.3 is 0 Å². The minimum absolute atomic E-state index is 0.101. The van der Waals surface area contributed by atoms with E-state index in [9.17, 15) is 14.4 Å². The van der Waals surface area contributed by atoms with E-state index < -0.39 is 16.7 Å². The largest absolute Gasteiger partial charge is 0.496 e. The summed E-state index contributed by atoms with van der Waals surface area (Å²) in [4.78, 5) is 39.4. The first-order valence-corrected chi connectivity index (χ1v) is 18.5. The first-order valence-electron chi connectivity index (χ1n) is 17.5. The first kappa shape index (κ1) is 47.2. The molecular formula is C43H61N3O5S. The molecule has 3 atom stereocenters. The SMILES string of the molecule is C=C/C=C\C=C/C(C)COC(/C=C(C)\C(=C/C)C(SC(C=O)NC(=O)Cc1ccc(OC)c(C)c1)N(C)/C=C/C(=C\C=C/C)C(N)=O)=C/C.CCC. The lowest BCUT2D eigenvalue weighted by Crippen LogP contribution is -2.39. The fourth-order valence-corrected chi connectivity index (χ4v) is 5.79. The fraction of sp³-hybridized carbons (Fsp3) is 0.372. The molecule has 0 aliphatic carbocycles. The smallest absolute Gasteiger partial charge is 0.248 e. The van der Waals surface area contributed by atoms with Crippen molar-refractivity contribution < 1.29 is 23.9 Å². The van der Waals surface area contributed by atoms with Crippen LogP contribution in [0.1, 0.15) is 66.0 Å². The van der Waals surface area contributed by atoms with Gasteiger partial charge in [0.1, 0.15) is 22.3 Å². The molecule has 9 heteroatoms. The Labute approximate surface area is 317 Å². The van der Waals surface area contributed by atoms with Gasteiger partial charge in [-0.1, -0.05) is 106 Å². The van der Waals surface area contributed by atoms with Crippen molar-refractivity contribution in [3.8, 4) is 5.75 Å². The van der Waals surface area contributed by atoms with E-state index in [1.54, 1.807) is 43.7 Å². The maximum absolute atomic E-state index is 13.1. The number of carbonyl (C=O) groups is 3. The van der Waals surface area contributed by atoms with Crippen molar-refractivity contribution >= 4 is 29.9 Å². The molecule has 0 fully saturated rings. The van der Waals surface area contributed by atoms with Crippen LogP contribution < -0.4 is 15.8 Å². The summed E-state index contributed by atoms with van der Waals surface area (Å²) < 4.78 is 11.5. The number of carbonyl (C=O) groups excluding carboxylic acids is 3. The number of amides is 2. The predicted octanol–water partition coefficient (Wildman–Crippen LogP) is 8.84. The number of aryl methyl sites for hydroxylation is 1. The quantitative estimate of drug-likeness (QED) is 0.0427. The van der Waals surface area contributed by atoms with Crippen LogP contribution in [0.15, 0.2) is 126 Å². The van der Waals surface area contributed by atoms with E-state index in [1.165, 1.54) is 18.2 Å². The second-order valence-electron chi connectivity index (χ2n) is 11.8. The van der Waals surface area contributed by atoms with Gasteiger partial charge in [0.25, 0.3) is 0 Å². The molecule has 0 heterocycles. The van der Waals surface area contributed by atoms with Crippen LogP contribution in [-0.2, 0) is 25.5 Å². The Hall–Kier alpha value is -4.76. The third kappa shape index (κ3) is 19.0. The summed E-state index contributed by atoms with van der Waals surface area (Å²) in [7, 11) is 3.44. The number of thioether (sulfide) groups is 1. The molecule has 0 aliphatic rings. The number of ether oxygens (including phenoxy) is 2. The molecule has 1 rings (SSSR count). The minimum Gasteiger partial charge on any atom is -0.496 e. The van der Waals surface area contributed by atoms with Crippen molar-refractivity contribution in [1.29, 1.82) is 0 Å². The Kier molecular flexibility index (Phi) is 25.3. The Bertz CT molecular complexity index is 1530. The molecule has 0 saturated heterocycles. The number of benzene rings is 1. The van der Waals surface area contributed by atoms with E-state index in [4.69, 9.17) is 15.2 Å². The predicted molar refractivity (Wildman–Crippen MR) is 221 cm³/mol. The van der Waals surface area contributed by atoms with Gasteiger partial charge in [-0.05, 0) is 87.3 Å². The van der Waals surface area contributed by atoms with Gasteiger partial charge in [0, 0.05) is 24.7 Å². The van der Waals surface area contributed by atoms with Gasteiger partial charge in [-0.3, -0.25) is 9.59 Å². The number of nitrogens with two attached hydrogens (primary N) is 1. The zero-order chi connectivity index (χ0) is 39.5. The molecule has 0 aromatic heterocycles. The first-order chi connectivity index (χ1) is 24.8. The summed E-state index contributed by atoms with van der Waals surface area (Å²) in [6, 6.07) is 5.55. The maximum Gasteiger partial charge on any atom is 0.248 e. The monoisotopic (exact) mass is 731 g/mol. The lowest BCUT2D eigenvalue weighted by atomic mass is 10.1. The van der Waals surface area contributed by atoms with Crippen LogP contribution in [0.4, 0.5) is 0 Å². The van der Waals surface area contributed by atoms with E-state index in [0.717, 1.165) is 34.3 Å². The molecule has 8 nitrogen and oxygen atoms in total. The number of rotatable bonds is 21. The van der Waals surface area contributed by atoms with E-state index in [-0.39, 0.29) is 18.2 Å². The van der Waals surface area contributed by atoms with Crippen molar-refractivity contribution in [2.24, 2.45) is 11.7 Å². The number of nitrogens with one attached hydrogen (secondary N) is 1. The number of aldehydes is 1. The van der Waals surface area contributed by atoms with Gasteiger partial charge in [-0.15, -0.1) is 0 Å². The second-order valence-corrected chi connectivity index (χ2v) is 13.1. The van der Waals surface area contributed by atoms with E-state index in [1.807, 2.05) is 101 Å². The molecule has 3 unspecified atom stereocenters. The zero-order valence-electron chi connectivity index (χ0n) is 32.8. The van der Waals surface area contributed by atoms with Crippen LogP contribution in [0.2, 0.25) is 0 Å². The highest BCUT2D eigenvalue weighted by Crippen LogP contribution is 2.31. The molecule has 0 spiro atoms. The highest BCUT2D eigenvalue weighted by atomic mass is 32.2. The van der Waals surface area contributed by atoms with Crippen molar-refractivity contribution in [3.05, 3.63) is 137 Å². The maximum atomic E-state index is 13.1. The third-order valence-corrected chi connectivity index (χ3v) is 8.49. The number of hydrogen-bond donors (Lipinski definition) is 2. The topological polar surface area (TPSA) is 111 Å². The molecule has 0 saturated carbocycles. The van der Waals surface area contributed by atoms with Crippen LogP contribution >= 0.6 is 11.8 Å². The number of allylic oxidation sites excluding steroid dienone is 10. The van der Waals surface area contributed by atoms with Gasteiger partial charge in [0.05, 0.1) is 20.1 Å². The Morgan fingerprint density at radius 2 is 1.79 bits per heavy atom. The highest BCUT2D eigenvalue weighted by Gasteiger charge is 2.25. The molecule has 52 heavy (non-hydrogen) atoms. The second kappa shape index (κ2) is 27.9. The normalized spacial score (nSPS) is 14.6. The van der Waals surface area contributed by atoms with Crippen LogP contribution in [-0.4, -0.2) is 54.5 Å². The lowest BCUT2D eigenvalue weighted by Gasteiger charge is -2.31. The molecule has 0 radical (unpaired) electrons. The summed E-state index contributed by atoms with van der Waals surface area (Å²) in [5.41, 5.74) is 9.42. The summed E-state index contributed by atoms with van der Waals surface area (Å²) in [5, 5.41) is 1.54. The number of primary amides is 1. The van der Waals surface area contributed by atoms with Crippen LogP contribution in [0.25, 0.3) is 0 Å². The fourth-order valence-electron chi connectivity index (χ4n) is 4.52. The Morgan fingerprint density at radius 1 is 1.10 bits per heavy atom. The molecule has 3 N–H and O–H groups in total. The van der Waals surface area contributed by atoms with Crippen molar-refractivity contribution in [2.45, 2.75) is 79.0 Å². The summed E-state index contributed by atoms with van der Waals surface area (Å²) in [5.74, 6) is 0.741. The minimum atomic E-state index is -0.871. The van der Waals surface area contributed by atoms with Gasteiger partial charge in [-0.2, -0.15) is 0 Å². The Balaban J connectivity index is 0.00000835. The van der Waals surface area contributed by atoms with E-state index >= 15 is 0 Å². The van der Waals surface area contributed by atoms with Gasteiger partial charge in [0.15, 0.2) is 6.29 Å². The van der Waals surface area contributed by atoms with Crippen LogP contribution in [0.5, 0.6) is 5.75 Å². The zero-order valence-corrected chi connectivity index (χ0v) is 33.7. The number of hydrogen-bond acceptors (Lipinski definition) is 7. The molecule has 0 aliphatic heterocycles. The highest BCUT2D eigenvalue weighted by molar-refractivity contribution is 8.01. The van der Waals surface area contributed by atoms with Crippen LogP contribution in [0, 0.1) is 12.8 Å². The molecule has 2 amide bonds. The molecule has 1 aromatic rings. The molecule has 1 aromatic carbocycles. The van der Waals surface area contributed by atoms with Crippen molar-refractivity contribution in [3.63, 3.8) is 0 Å². The average molecular weight is 732 g/mol. The summed E-state index contributed by atoms with van der Waals surface area (Å²) >= 11 is 1.26. The van der Waals surface area contributed by atoms with Crippen LogP contribution in [0.3, 0.4) is 0 Å². The summed E-state index contributed by atoms with van der Waals surface area (Å²) in [6.45, 7) is 20.0. The standard InChI is InChI=1S/C40H53N3O5S.C3H8/c1-10-14-16-17-18-29(5)28-48-34(12-3)25-30(6)35(13-4)40(43(8)23-22-33(39(41)46)19-15-11-2)49-38(27-44)42-37(45)26-32-20-21-36(47-9)31(7)24-32;1-3-2/h10-25,27,29,38,40H,1,26,28H2,2-9H3,(H2,41,46)(H,42,45);3H2,1-2H3/b15-11-,16-14-,18-17-,23-22+,30-25-,33-19+,34-12+,35-13+;. The molecule has 284 valence electrons. The summed E-state index contributed by atoms with van der Waals surface area (Å²) in [6.07, 6.45) is 25.9. The molecular weight excluding hydrogens is 671 g/mol. The van der Waals surface area contributed by atoms with Gasteiger partial charge in [-0.25, -0.2) is 0 Å². The lowest BCUT2D eigenvalue weighted by molar-refractivity contribution is -0.122. The number of methoxy groups -OCH3 is 1. The number of nitrogens with zero attached hydrogens (tertiary/aromatic N) is 1. The van der Waals surface area contributed by atoms with Gasteiger partial charge in [0.2, 0.25) is 11.8 Å². The van der Waals surface area contributed by atoms with Crippen molar-refractivity contribution in [1.82, 2.24) is 10.2 Å². The third-order valence-electron chi connectivity index (χ3n) is 7.12. The van der Waals surface area contributed by atoms with E-state index in [2.05, 4.69) is 38.7 Å². The van der Waals surface area contributed by atoms with Crippen molar-refractivity contribution in [2.75, 3.05) is 20.8 Å².